The first-order valence-corrected chi connectivity index (χ1v) is 5.17. The lowest BCUT2D eigenvalue weighted by molar-refractivity contribution is -0.753. The van der Waals surface area contributed by atoms with Gasteiger partial charge in [-0.2, -0.15) is 13.9 Å². The molecule has 1 rings (SSSR count). The van der Waals surface area contributed by atoms with Crippen molar-refractivity contribution in [2.45, 2.75) is 4.90 Å². The Bertz CT molecular complexity index is 441. The second kappa shape index (κ2) is 3.82. The molecule has 0 fully saturated rings. The predicted molar refractivity (Wildman–Crippen MR) is 48.7 cm³/mol. The van der Waals surface area contributed by atoms with Crippen LogP contribution in [0.15, 0.2) is 33.7 Å². The molecule has 0 heterocycles. The van der Waals surface area contributed by atoms with Gasteiger partial charge in [-0.3, -0.25) is 0 Å². The normalized spacial score (nSPS) is 13.6. The Hall–Kier alpha value is -1.31. The lowest BCUT2D eigenvalue weighted by Crippen LogP contribution is -2.98. The molecule has 0 aliphatic carbocycles. The highest BCUT2D eigenvalue weighted by atomic mass is 32.2. The topological polar surface area (TPSA) is 97.8 Å². The van der Waals surface area contributed by atoms with E-state index < -0.39 is 10.0 Å². The lowest BCUT2D eigenvalue weighted by atomic mass is 10.3. The van der Waals surface area contributed by atoms with Gasteiger partial charge < -0.3 is 10.3 Å². The van der Waals surface area contributed by atoms with Crippen LogP contribution in [0.3, 0.4) is 0 Å². The van der Waals surface area contributed by atoms with Gasteiger partial charge in [-0.15, -0.1) is 0 Å². The van der Waals surface area contributed by atoms with E-state index in [2.05, 4.69) is 4.52 Å². The van der Waals surface area contributed by atoms with Crippen LogP contribution in [-0.4, -0.2) is 15.5 Å². The van der Waals surface area contributed by atoms with E-state index in [0.717, 1.165) is 0 Å². The maximum Gasteiger partial charge on any atom is 0.305 e. The summed E-state index contributed by atoms with van der Waals surface area (Å²) in [7, 11) is -2.74. The summed E-state index contributed by atoms with van der Waals surface area (Å²) in [5.41, 5.74) is 6.57. The summed E-state index contributed by atoms with van der Waals surface area (Å²) in [6.07, 6.45) is 0. The number of para-hydroxylation sites is 1. The summed E-state index contributed by atoms with van der Waals surface area (Å²) in [6, 6.07) is 5.68. The molecule has 0 saturated heterocycles. The van der Waals surface area contributed by atoms with Gasteiger partial charge in [0.1, 0.15) is 0 Å². The number of sulfonamides is 1. The fourth-order valence-electron chi connectivity index (χ4n) is 1.03. The molecule has 1 atom stereocenters. The largest absolute Gasteiger partial charge is 0.629 e. The Morgan fingerprint density at radius 1 is 1.43 bits per heavy atom. The molecule has 7 heteroatoms. The highest BCUT2D eigenvalue weighted by Gasteiger charge is 2.19. The van der Waals surface area contributed by atoms with Gasteiger partial charge >= 0.3 is 10.0 Å². The van der Waals surface area contributed by atoms with E-state index in [-0.39, 0.29) is 15.6 Å². The summed E-state index contributed by atoms with van der Waals surface area (Å²) >= 11 is 0. The van der Waals surface area contributed by atoms with Gasteiger partial charge in [0.2, 0.25) is 0 Å². The van der Waals surface area contributed by atoms with Crippen LogP contribution in [0.4, 0.5) is 5.69 Å². The van der Waals surface area contributed by atoms with E-state index in [1.807, 2.05) is 0 Å². The fraction of sp³-hybridized carbons (Fsp3) is 0.143. The zero-order valence-corrected chi connectivity index (χ0v) is 8.21. The molecular weight excluding hydrogens is 206 g/mol. The van der Waals surface area contributed by atoms with Crippen molar-refractivity contribution in [2.75, 3.05) is 7.05 Å². The van der Waals surface area contributed by atoms with Crippen LogP contribution in [0.25, 0.3) is 0 Å². The summed E-state index contributed by atoms with van der Waals surface area (Å²) in [4.78, 5) is -0.220. The number of rotatable bonds is 3. The molecule has 2 N–H and O–H groups in total. The summed E-state index contributed by atoms with van der Waals surface area (Å²) in [5.74, 6) is 0. The van der Waals surface area contributed by atoms with Gasteiger partial charge in [0.25, 0.3) is 0 Å². The van der Waals surface area contributed by atoms with Gasteiger partial charge in [0, 0.05) is 6.07 Å². The quantitative estimate of drug-likeness (QED) is 0.550. The minimum atomic E-state index is -4.00. The van der Waals surface area contributed by atoms with Gasteiger partial charge in [-0.1, -0.05) is 16.7 Å². The first-order chi connectivity index (χ1) is 6.49. The molecule has 0 radical (unpaired) electrons. The number of hydrogen-bond donors (Lipinski definition) is 2. The van der Waals surface area contributed by atoms with Gasteiger partial charge in [0.05, 0.1) is 7.05 Å². The zero-order valence-electron chi connectivity index (χ0n) is 7.39. The molecule has 0 saturated carbocycles. The second-order valence-corrected chi connectivity index (χ2v) is 4.19. The van der Waals surface area contributed by atoms with Crippen LogP contribution in [0.5, 0.6) is 0 Å². The van der Waals surface area contributed by atoms with Crippen LogP contribution in [-0.2, 0) is 10.0 Å². The third-order valence-corrected chi connectivity index (χ3v) is 2.82. The third kappa shape index (κ3) is 1.95. The molecule has 0 aliphatic heterocycles. The number of hydrogen-bond acceptors (Lipinski definition) is 4. The van der Waals surface area contributed by atoms with E-state index in [1.165, 1.54) is 25.2 Å². The number of hydroxylamine groups is 1. The van der Waals surface area contributed by atoms with Crippen molar-refractivity contribution in [2.24, 2.45) is 4.52 Å². The molecule has 0 bridgehead atoms. The van der Waals surface area contributed by atoms with Gasteiger partial charge in [-0.25, -0.2) is 0 Å². The van der Waals surface area contributed by atoms with Crippen molar-refractivity contribution in [3.8, 4) is 0 Å². The predicted octanol–water partition coefficient (Wildman–Crippen LogP) is 0.0503. The fourth-order valence-corrected chi connectivity index (χ4v) is 1.87. The van der Waals surface area contributed by atoms with Crippen molar-refractivity contribution < 1.29 is 13.5 Å². The lowest BCUT2D eigenvalue weighted by Gasteiger charge is -2.17. The number of benzene rings is 1. The Morgan fingerprint density at radius 2 is 2.00 bits per heavy atom. The van der Waals surface area contributed by atoms with Crippen molar-refractivity contribution in [1.82, 2.24) is 0 Å². The Labute approximate surface area is 81.3 Å². The Morgan fingerprint density at radius 3 is 2.50 bits per heavy atom. The standard InChI is InChI=1S/C7H9N3O3S/c1-10(11)6-4-2-3-5-7(6)14(12,13)9-8/h2-5,8,10H,1H3. The minimum Gasteiger partial charge on any atom is -0.629 e. The minimum absolute atomic E-state index is 0.0588. The van der Waals surface area contributed by atoms with E-state index in [0.29, 0.717) is 0 Å². The summed E-state index contributed by atoms with van der Waals surface area (Å²) in [6.45, 7) is 0. The monoisotopic (exact) mass is 215 g/mol. The highest BCUT2D eigenvalue weighted by molar-refractivity contribution is 7.90. The zero-order chi connectivity index (χ0) is 10.8. The Kier molecular flexibility index (Phi) is 2.94. The first-order valence-electron chi connectivity index (χ1n) is 3.73. The molecule has 1 aromatic rings. The molecule has 0 aliphatic rings. The van der Waals surface area contributed by atoms with Crippen molar-refractivity contribution in [3.05, 3.63) is 29.5 Å². The van der Waals surface area contributed by atoms with Crippen LogP contribution in [0.1, 0.15) is 0 Å². The summed E-state index contributed by atoms with van der Waals surface area (Å²) < 4.78 is 24.9. The molecule has 0 aromatic heterocycles. The smallest absolute Gasteiger partial charge is 0.305 e. The van der Waals surface area contributed by atoms with E-state index in [4.69, 9.17) is 5.53 Å². The maximum atomic E-state index is 11.2. The van der Waals surface area contributed by atoms with Crippen molar-refractivity contribution in [1.29, 1.82) is 5.53 Å². The van der Waals surface area contributed by atoms with Crippen molar-refractivity contribution >= 4 is 15.7 Å². The SMILES string of the molecule is C[NH+]([O-])c1ccccc1S(=O)(=O)N=N. The second-order valence-electron chi connectivity index (χ2n) is 2.62. The van der Waals surface area contributed by atoms with E-state index >= 15 is 0 Å². The average molecular weight is 215 g/mol. The Balaban J connectivity index is 3.42. The van der Waals surface area contributed by atoms with E-state index in [9.17, 15) is 13.6 Å². The molecule has 14 heavy (non-hydrogen) atoms. The molecular formula is C7H9N3O3S. The first kappa shape index (κ1) is 10.8. The van der Waals surface area contributed by atoms with Gasteiger partial charge in [-0.05, 0) is 6.07 Å². The molecule has 0 amide bonds. The highest BCUT2D eigenvalue weighted by Crippen LogP contribution is 2.18. The average Bonchev–Trinajstić information content (AvgIpc) is 2.18. The van der Waals surface area contributed by atoms with Gasteiger partial charge in [0.15, 0.2) is 10.6 Å². The van der Waals surface area contributed by atoms with Crippen LogP contribution in [0.2, 0.25) is 0 Å². The van der Waals surface area contributed by atoms with Crippen molar-refractivity contribution in [3.63, 3.8) is 0 Å². The van der Waals surface area contributed by atoms with E-state index in [1.54, 1.807) is 6.07 Å². The number of quaternary nitrogens is 1. The molecule has 6 nitrogen and oxygen atoms in total. The maximum absolute atomic E-state index is 11.2. The molecule has 0 spiro atoms. The molecule has 1 unspecified atom stereocenters. The molecule has 1 aromatic carbocycles. The number of nitrogens with zero attached hydrogens (tertiary/aromatic N) is 1. The molecule has 76 valence electrons. The van der Waals surface area contributed by atoms with Crippen LogP contribution >= 0.6 is 0 Å². The summed E-state index contributed by atoms with van der Waals surface area (Å²) in [5, 5.41) is 10.7. The third-order valence-electron chi connectivity index (χ3n) is 1.66. The number of nitrogens with one attached hydrogen (secondary N) is 2. The van der Waals surface area contributed by atoms with Crippen LogP contribution < -0.4 is 5.06 Å². The van der Waals surface area contributed by atoms with Crippen LogP contribution in [0, 0.1) is 10.7 Å².